The van der Waals surface area contributed by atoms with Crippen molar-refractivity contribution in [3.05, 3.63) is 120 Å². The number of alkyl halides is 3. The molecule has 0 aliphatic heterocycles. The quantitative estimate of drug-likeness (QED) is 0.234. The van der Waals surface area contributed by atoms with Crippen LogP contribution in [0.1, 0.15) is 34.3 Å². The summed E-state index contributed by atoms with van der Waals surface area (Å²) in [6.45, 7) is -0.0824. The summed E-state index contributed by atoms with van der Waals surface area (Å²) in [5.41, 5.74) is 8.73. The molecule has 0 spiro atoms. The number of carbonyl (C=O) groups is 3. The summed E-state index contributed by atoms with van der Waals surface area (Å²) >= 11 is 0. The normalized spacial score (nSPS) is 12.0. The van der Waals surface area contributed by atoms with E-state index in [-0.39, 0.29) is 24.9 Å². The monoisotopic (exact) mass is 560 g/mol. The minimum absolute atomic E-state index is 0.0824. The first-order chi connectivity index (χ1) is 19.5. The Bertz CT molecular complexity index is 1520. The lowest BCUT2D eigenvalue weighted by atomic mass is 9.99. The number of nitrogens with zero attached hydrogens (tertiary/aromatic N) is 1. The molecule has 0 fully saturated rings. The molecule has 1 atom stereocenters. The lowest BCUT2D eigenvalue weighted by Crippen LogP contribution is -2.47. The van der Waals surface area contributed by atoms with Crippen LogP contribution in [0, 0.1) is 0 Å². The van der Waals surface area contributed by atoms with E-state index in [0.29, 0.717) is 16.7 Å². The second-order valence-corrected chi connectivity index (χ2v) is 9.50. The molecule has 3 N–H and O–H groups in total. The Morgan fingerprint density at radius 3 is 1.90 bits per heavy atom. The number of aliphatic carboxylic acids is 1. The summed E-state index contributed by atoms with van der Waals surface area (Å²) in [7, 11) is 0. The molecule has 0 aliphatic carbocycles. The summed E-state index contributed by atoms with van der Waals surface area (Å²) < 4.78 is 39.0. The number of nitrogens with two attached hydrogens (primary N) is 1. The molecular formula is C32H27F3N2O4. The molecule has 210 valence electrons. The molecule has 2 amide bonds. The van der Waals surface area contributed by atoms with Crippen LogP contribution in [-0.2, 0) is 22.3 Å². The molecule has 0 aliphatic rings. The molecule has 4 rings (SSSR count). The third-order valence-electron chi connectivity index (χ3n) is 6.66. The van der Waals surface area contributed by atoms with Gasteiger partial charge in [0.25, 0.3) is 5.91 Å². The Hall–Kier alpha value is -4.92. The van der Waals surface area contributed by atoms with E-state index in [1.165, 1.54) is 17.0 Å². The van der Waals surface area contributed by atoms with Crippen molar-refractivity contribution in [1.29, 1.82) is 0 Å². The van der Waals surface area contributed by atoms with Crippen molar-refractivity contribution in [2.24, 2.45) is 5.73 Å². The van der Waals surface area contributed by atoms with Crippen molar-refractivity contribution in [1.82, 2.24) is 4.90 Å². The molecule has 0 saturated heterocycles. The summed E-state index contributed by atoms with van der Waals surface area (Å²) in [6.07, 6.45) is -5.02. The van der Waals surface area contributed by atoms with Crippen LogP contribution in [0.5, 0.6) is 0 Å². The molecule has 0 saturated carbocycles. The third-order valence-corrected chi connectivity index (χ3v) is 6.66. The second-order valence-electron chi connectivity index (χ2n) is 9.50. The van der Waals surface area contributed by atoms with Gasteiger partial charge in [0.05, 0.1) is 5.56 Å². The minimum Gasteiger partial charge on any atom is -0.481 e. The van der Waals surface area contributed by atoms with E-state index in [1.54, 1.807) is 48.5 Å². The van der Waals surface area contributed by atoms with Crippen LogP contribution >= 0.6 is 0 Å². The highest BCUT2D eigenvalue weighted by Crippen LogP contribution is 2.31. The predicted octanol–water partition coefficient (Wildman–Crippen LogP) is 6.40. The summed E-state index contributed by atoms with van der Waals surface area (Å²) in [6, 6.07) is 26.7. The van der Waals surface area contributed by atoms with Crippen molar-refractivity contribution in [3.8, 4) is 22.3 Å². The van der Waals surface area contributed by atoms with Gasteiger partial charge >= 0.3 is 12.1 Å². The standard InChI is InChI=1S/C32H27F3N2O4/c33-32(34,35)27-15-13-24(14-16-27)26-8-4-5-21(19-26)20-37(28(30(36)40)17-18-29(38)39)31(41)25-11-9-23(10-12-25)22-6-2-1-3-7-22/h1-16,19,28H,17-18,20H2,(H2,36,40)(H,38,39)/t28-/m0/s1. The lowest BCUT2D eigenvalue weighted by Gasteiger charge is -2.30. The topological polar surface area (TPSA) is 101 Å². The van der Waals surface area contributed by atoms with Crippen LogP contribution in [0.15, 0.2) is 103 Å². The van der Waals surface area contributed by atoms with Gasteiger partial charge in [0.15, 0.2) is 0 Å². The van der Waals surface area contributed by atoms with Gasteiger partial charge in [0, 0.05) is 18.5 Å². The molecule has 41 heavy (non-hydrogen) atoms. The predicted molar refractivity (Wildman–Crippen MR) is 148 cm³/mol. The van der Waals surface area contributed by atoms with Crippen LogP contribution in [-0.4, -0.2) is 33.8 Å². The number of hydrogen-bond acceptors (Lipinski definition) is 3. The van der Waals surface area contributed by atoms with Gasteiger partial charge in [-0.2, -0.15) is 13.2 Å². The molecule has 4 aromatic carbocycles. The first-order valence-corrected chi connectivity index (χ1v) is 12.8. The molecular weight excluding hydrogens is 533 g/mol. The molecule has 6 nitrogen and oxygen atoms in total. The number of benzene rings is 4. The lowest BCUT2D eigenvalue weighted by molar-refractivity contribution is -0.138. The van der Waals surface area contributed by atoms with Crippen molar-refractivity contribution >= 4 is 17.8 Å². The van der Waals surface area contributed by atoms with Gasteiger partial charge in [-0.1, -0.05) is 72.8 Å². The Labute approximate surface area is 234 Å². The first kappa shape index (κ1) is 29.1. The molecule has 0 heterocycles. The van der Waals surface area contributed by atoms with Gasteiger partial charge in [-0.05, 0) is 64.6 Å². The molecule has 4 aromatic rings. The highest BCUT2D eigenvalue weighted by Gasteiger charge is 2.31. The Balaban J connectivity index is 1.65. The Morgan fingerprint density at radius 1 is 0.756 bits per heavy atom. The summed E-state index contributed by atoms with van der Waals surface area (Å²) in [5, 5.41) is 9.22. The van der Waals surface area contributed by atoms with Gasteiger partial charge in [-0.3, -0.25) is 14.4 Å². The van der Waals surface area contributed by atoms with E-state index in [9.17, 15) is 32.7 Å². The van der Waals surface area contributed by atoms with Crippen LogP contribution in [0.25, 0.3) is 22.3 Å². The fourth-order valence-corrected chi connectivity index (χ4v) is 4.53. The maximum Gasteiger partial charge on any atom is 0.416 e. The van der Waals surface area contributed by atoms with Crippen molar-refractivity contribution in [2.75, 3.05) is 0 Å². The van der Waals surface area contributed by atoms with E-state index in [0.717, 1.165) is 23.3 Å². The fourth-order valence-electron chi connectivity index (χ4n) is 4.53. The molecule has 0 unspecified atom stereocenters. The highest BCUT2D eigenvalue weighted by molar-refractivity contribution is 5.97. The van der Waals surface area contributed by atoms with Crippen molar-refractivity contribution in [3.63, 3.8) is 0 Å². The minimum atomic E-state index is -4.46. The number of halogens is 3. The average molecular weight is 561 g/mol. The number of carboxylic acid groups (broad SMARTS) is 1. The number of amides is 2. The zero-order valence-electron chi connectivity index (χ0n) is 21.8. The highest BCUT2D eigenvalue weighted by atomic mass is 19.4. The van der Waals surface area contributed by atoms with E-state index in [4.69, 9.17) is 5.73 Å². The Kier molecular flexibility index (Phi) is 8.87. The van der Waals surface area contributed by atoms with E-state index < -0.39 is 35.6 Å². The summed E-state index contributed by atoms with van der Waals surface area (Å²) in [4.78, 5) is 38.7. The van der Waals surface area contributed by atoms with E-state index >= 15 is 0 Å². The van der Waals surface area contributed by atoms with Crippen LogP contribution < -0.4 is 5.73 Å². The number of primary amides is 1. The molecule has 0 aromatic heterocycles. The van der Waals surface area contributed by atoms with Gasteiger partial charge in [-0.25, -0.2) is 0 Å². The third kappa shape index (κ3) is 7.39. The smallest absolute Gasteiger partial charge is 0.416 e. The second kappa shape index (κ2) is 12.5. The zero-order chi connectivity index (χ0) is 29.6. The Morgan fingerprint density at radius 2 is 1.32 bits per heavy atom. The number of carboxylic acids is 1. The molecule has 9 heteroatoms. The maximum atomic E-state index is 13.7. The van der Waals surface area contributed by atoms with Crippen LogP contribution in [0.3, 0.4) is 0 Å². The largest absolute Gasteiger partial charge is 0.481 e. The number of carbonyl (C=O) groups excluding carboxylic acids is 2. The zero-order valence-corrected chi connectivity index (χ0v) is 21.8. The maximum absolute atomic E-state index is 13.7. The van der Waals surface area contributed by atoms with Crippen molar-refractivity contribution in [2.45, 2.75) is 31.6 Å². The van der Waals surface area contributed by atoms with Crippen LogP contribution in [0.2, 0.25) is 0 Å². The first-order valence-electron chi connectivity index (χ1n) is 12.8. The molecule has 0 radical (unpaired) electrons. The SMILES string of the molecule is NC(=O)[C@H](CCC(=O)O)N(Cc1cccc(-c2ccc(C(F)(F)F)cc2)c1)C(=O)c1ccc(-c2ccccc2)cc1. The fraction of sp³-hybridized carbons (Fsp3) is 0.156. The average Bonchev–Trinajstić information content (AvgIpc) is 2.96. The molecule has 0 bridgehead atoms. The summed E-state index contributed by atoms with van der Waals surface area (Å²) in [5.74, 6) is -2.50. The van der Waals surface area contributed by atoms with Crippen LogP contribution in [0.4, 0.5) is 13.2 Å². The van der Waals surface area contributed by atoms with Gasteiger partial charge in [0.1, 0.15) is 6.04 Å². The van der Waals surface area contributed by atoms with Gasteiger partial charge < -0.3 is 15.7 Å². The number of hydrogen-bond donors (Lipinski definition) is 2. The number of rotatable bonds is 10. The van der Waals surface area contributed by atoms with E-state index in [1.807, 2.05) is 30.3 Å². The van der Waals surface area contributed by atoms with Gasteiger partial charge in [-0.15, -0.1) is 0 Å². The van der Waals surface area contributed by atoms with E-state index in [2.05, 4.69) is 0 Å². The van der Waals surface area contributed by atoms with Crippen molar-refractivity contribution < 1.29 is 32.7 Å². The van der Waals surface area contributed by atoms with Gasteiger partial charge in [0.2, 0.25) is 5.91 Å².